The Morgan fingerprint density at radius 2 is 1.71 bits per heavy atom. The number of nitrogens with zero attached hydrogens (tertiary/aromatic N) is 1. The van der Waals surface area contributed by atoms with Gasteiger partial charge in [-0.15, -0.1) is 0 Å². The van der Waals surface area contributed by atoms with Gasteiger partial charge in [-0.1, -0.05) is 30.3 Å². The van der Waals surface area contributed by atoms with E-state index in [2.05, 4.69) is 38.1 Å². The van der Waals surface area contributed by atoms with Gasteiger partial charge in [-0.2, -0.15) is 0 Å². The average molecular weight is 193 g/mol. The SMILES string of the molecule is CO[C@H](c1ccccc1)[C@@H](C)N(C)C. The summed E-state index contributed by atoms with van der Waals surface area (Å²) in [5, 5.41) is 0. The maximum absolute atomic E-state index is 5.52. The molecule has 1 aromatic carbocycles. The minimum absolute atomic E-state index is 0.145. The number of ether oxygens (including phenoxy) is 1. The van der Waals surface area contributed by atoms with Crippen LogP contribution in [0.25, 0.3) is 0 Å². The number of likely N-dealkylation sites (N-methyl/N-ethyl adjacent to an activating group) is 1. The molecule has 14 heavy (non-hydrogen) atoms. The molecule has 0 fully saturated rings. The summed E-state index contributed by atoms with van der Waals surface area (Å²) in [5.74, 6) is 0. The van der Waals surface area contributed by atoms with Gasteiger partial charge in [-0.3, -0.25) is 0 Å². The first-order chi connectivity index (χ1) is 6.66. The molecule has 1 rings (SSSR count). The van der Waals surface area contributed by atoms with Crippen LogP contribution in [0.5, 0.6) is 0 Å². The van der Waals surface area contributed by atoms with Gasteiger partial charge in [0.15, 0.2) is 0 Å². The van der Waals surface area contributed by atoms with E-state index in [-0.39, 0.29) is 6.10 Å². The molecule has 0 bridgehead atoms. The Morgan fingerprint density at radius 1 is 1.14 bits per heavy atom. The molecule has 2 heteroatoms. The van der Waals surface area contributed by atoms with Crippen LogP contribution in [0.15, 0.2) is 30.3 Å². The second kappa shape index (κ2) is 5.13. The van der Waals surface area contributed by atoms with Crippen molar-refractivity contribution in [3.8, 4) is 0 Å². The second-order valence-electron chi connectivity index (χ2n) is 3.77. The fraction of sp³-hybridized carbons (Fsp3) is 0.500. The van der Waals surface area contributed by atoms with Crippen LogP contribution >= 0.6 is 0 Å². The molecule has 78 valence electrons. The highest BCUT2D eigenvalue weighted by atomic mass is 16.5. The molecule has 0 saturated carbocycles. The first-order valence-electron chi connectivity index (χ1n) is 4.91. The molecule has 0 radical (unpaired) electrons. The molecule has 0 amide bonds. The third kappa shape index (κ3) is 2.56. The summed E-state index contributed by atoms with van der Waals surface area (Å²) in [6, 6.07) is 10.7. The van der Waals surface area contributed by atoms with Crippen molar-refractivity contribution in [3.63, 3.8) is 0 Å². The van der Waals surface area contributed by atoms with Crippen molar-refractivity contribution >= 4 is 0 Å². The summed E-state index contributed by atoms with van der Waals surface area (Å²) in [6.45, 7) is 2.17. The fourth-order valence-electron chi connectivity index (χ4n) is 1.53. The lowest BCUT2D eigenvalue weighted by Crippen LogP contribution is -2.32. The smallest absolute Gasteiger partial charge is 0.0973 e. The Balaban J connectivity index is 2.82. The maximum atomic E-state index is 5.52. The normalized spacial score (nSPS) is 15.5. The van der Waals surface area contributed by atoms with Crippen LogP contribution in [0.3, 0.4) is 0 Å². The van der Waals surface area contributed by atoms with Gasteiger partial charge in [0.05, 0.1) is 6.10 Å². The van der Waals surface area contributed by atoms with Gasteiger partial charge in [0.1, 0.15) is 0 Å². The van der Waals surface area contributed by atoms with Gasteiger partial charge in [-0.25, -0.2) is 0 Å². The maximum Gasteiger partial charge on any atom is 0.0973 e. The third-order valence-electron chi connectivity index (χ3n) is 2.63. The van der Waals surface area contributed by atoms with E-state index in [9.17, 15) is 0 Å². The number of benzene rings is 1. The zero-order chi connectivity index (χ0) is 10.6. The molecule has 0 saturated heterocycles. The van der Waals surface area contributed by atoms with E-state index >= 15 is 0 Å². The molecule has 0 aromatic heterocycles. The highest BCUT2D eigenvalue weighted by Gasteiger charge is 2.19. The number of rotatable bonds is 4. The predicted molar refractivity (Wildman–Crippen MR) is 59.3 cm³/mol. The van der Waals surface area contributed by atoms with Gasteiger partial charge in [0, 0.05) is 13.2 Å². The van der Waals surface area contributed by atoms with Crippen molar-refractivity contribution in [2.75, 3.05) is 21.2 Å². The van der Waals surface area contributed by atoms with Crippen LogP contribution in [0.1, 0.15) is 18.6 Å². The molecule has 0 spiro atoms. The zero-order valence-electron chi connectivity index (χ0n) is 9.40. The Morgan fingerprint density at radius 3 is 2.14 bits per heavy atom. The average Bonchev–Trinajstić information content (AvgIpc) is 2.20. The summed E-state index contributed by atoms with van der Waals surface area (Å²) in [6.07, 6.45) is 0.145. The summed E-state index contributed by atoms with van der Waals surface area (Å²) in [5.41, 5.74) is 1.23. The highest BCUT2D eigenvalue weighted by Crippen LogP contribution is 2.22. The van der Waals surface area contributed by atoms with Gasteiger partial charge >= 0.3 is 0 Å². The molecule has 2 nitrogen and oxygen atoms in total. The molecule has 0 aliphatic rings. The predicted octanol–water partition coefficient (Wildman–Crippen LogP) is 2.32. The van der Waals surface area contributed by atoms with Crippen molar-refractivity contribution < 1.29 is 4.74 Å². The van der Waals surface area contributed by atoms with Gasteiger partial charge < -0.3 is 9.64 Å². The van der Waals surface area contributed by atoms with E-state index in [0.29, 0.717) is 6.04 Å². The third-order valence-corrected chi connectivity index (χ3v) is 2.63. The van der Waals surface area contributed by atoms with Crippen molar-refractivity contribution in [1.29, 1.82) is 0 Å². The first kappa shape index (κ1) is 11.2. The van der Waals surface area contributed by atoms with E-state index < -0.39 is 0 Å². The highest BCUT2D eigenvalue weighted by molar-refractivity contribution is 5.18. The number of methoxy groups -OCH3 is 1. The molecule has 2 atom stereocenters. The van der Waals surface area contributed by atoms with Gasteiger partial charge in [0.2, 0.25) is 0 Å². The quantitative estimate of drug-likeness (QED) is 0.727. The first-order valence-corrected chi connectivity index (χ1v) is 4.91. The molecule has 1 aromatic rings. The minimum Gasteiger partial charge on any atom is -0.375 e. The van der Waals surface area contributed by atoms with Gasteiger partial charge in [0.25, 0.3) is 0 Å². The monoisotopic (exact) mass is 193 g/mol. The van der Waals surface area contributed by atoms with Crippen molar-refractivity contribution in [3.05, 3.63) is 35.9 Å². The van der Waals surface area contributed by atoms with Crippen LogP contribution in [0, 0.1) is 0 Å². The molecular weight excluding hydrogens is 174 g/mol. The molecule has 0 unspecified atom stereocenters. The van der Waals surface area contributed by atoms with Crippen LogP contribution in [-0.4, -0.2) is 32.1 Å². The topological polar surface area (TPSA) is 12.5 Å². The van der Waals surface area contributed by atoms with Crippen LogP contribution < -0.4 is 0 Å². The zero-order valence-corrected chi connectivity index (χ0v) is 9.40. The lowest BCUT2D eigenvalue weighted by Gasteiger charge is -2.28. The standard InChI is InChI=1S/C12H19NO/c1-10(13(2)3)12(14-4)11-8-6-5-7-9-11/h5-10,12H,1-4H3/t10-,12+/m1/s1. The van der Waals surface area contributed by atoms with Crippen molar-refractivity contribution in [2.45, 2.75) is 19.1 Å². The largest absolute Gasteiger partial charge is 0.375 e. The Kier molecular flexibility index (Phi) is 4.11. The molecular formula is C12H19NO. The molecule has 0 heterocycles. The second-order valence-corrected chi connectivity index (χ2v) is 3.77. The fourth-order valence-corrected chi connectivity index (χ4v) is 1.53. The van der Waals surface area contributed by atoms with Crippen molar-refractivity contribution in [1.82, 2.24) is 4.90 Å². The number of hydrogen-bond donors (Lipinski definition) is 0. The number of hydrogen-bond acceptors (Lipinski definition) is 2. The Bertz CT molecular complexity index is 258. The molecule has 0 aliphatic carbocycles. The summed E-state index contributed by atoms with van der Waals surface area (Å²) in [7, 11) is 5.90. The lowest BCUT2D eigenvalue weighted by molar-refractivity contribution is 0.0388. The Labute approximate surface area is 86.5 Å². The summed E-state index contributed by atoms with van der Waals surface area (Å²) < 4.78 is 5.52. The lowest BCUT2D eigenvalue weighted by atomic mass is 10.0. The van der Waals surface area contributed by atoms with E-state index in [1.807, 2.05) is 18.2 Å². The van der Waals surface area contributed by atoms with Gasteiger partial charge in [-0.05, 0) is 26.6 Å². The van der Waals surface area contributed by atoms with E-state index in [0.717, 1.165) is 0 Å². The van der Waals surface area contributed by atoms with Crippen LogP contribution in [0.4, 0.5) is 0 Å². The van der Waals surface area contributed by atoms with E-state index in [1.165, 1.54) is 5.56 Å². The Hall–Kier alpha value is -0.860. The molecule has 0 N–H and O–H groups in total. The minimum atomic E-state index is 0.145. The summed E-state index contributed by atoms with van der Waals surface area (Å²) >= 11 is 0. The molecule has 0 aliphatic heterocycles. The van der Waals surface area contributed by atoms with E-state index in [4.69, 9.17) is 4.74 Å². The van der Waals surface area contributed by atoms with Crippen LogP contribution in [-0.2, 0) is 4.74 Å². The summed E-state index contributed by atoms with van der Waals surface area (Å²) in [4.78, 5) is 2.17. The van der Waals surface area contributed by atoms with Crippen LogP contribution in [0.2, 0.25) is 0 Å². The van der Waals surface area contributed by atoms with Crippen molar-refractivity contribution in [2.24, 2.45) is 0 Å². The van der Waals surface area contributed by atoms with E-state index in [1.54, 1.807) is 7.11 Å².